The van der Waals surface area contributed by atoms with E-state index < -0.39 is 0 Å². The molecule has 4 aromatic heterocycles. The van der Waals surface area contributed by atoms with Gasteiger partial charge in [-0.2, -0.15) is 0 Å². The summed E-state index contributed by atoms with van der Waals surface area (Å²) in [5, 5.41) is 35.4. The van der Waals surface area contributed by atoms with E-state index in [2.05, 4.69) is 68.5 Å². The Balaban J connectivity index is 1.40. The van der Waals surface area contributed by atoms with E-state index >= 15 is 0 Å². The van der Waals surface area contributed by atoms with E-state index in [0.29, 0.717) is 22.3 Å². The van der Waals surface area contributed by atoms with Crippen LogP contribution in [0.15, 0.2) is 146 Å². The largest absolute Gasteiger partial charge is 0.384 e. The molecule has 0 amide bonds. The third-order valence-corrected chi connectivity index (χ3v) is 10.8. The first kappa shape index (κ1) is 37.0. The van der Waals surface area contributed by atoms with Gasteiger partial charge in [0.15, 0.2) is 0 Å². The summed E-state index contributed by atoms with van der Waals surface area (Å²) in [6.07, 6.45) is 0. The Kier molecular flexibility index (Phi) is 9.06. The van der Waals surface area contributed by atoms with E-state index in [9.17, 15) is 0 Å². The van der Waals surface area contributed by atoms with E-state index in [1.165, 1.54) is 0 Å². The van der Waals surface area contributed by atoms with Crippen LogP contribution >= 0.6 is 0 Å². The Hall–Kier alpha value is -8.64. The molecule has 0 spiro atoms. The Labute approximate surface area is 343 Å². The van der Waals surface area contributed by atoms with Crippen LogP contribution in [0.5, 0.6) is 0 Å². The zero-order valence-electron chi connectivity index (χ0n) is 32.2. The van der Waals surface area contributed by atoms with Gasteiger partial charge in [-0.05, 0) is 70.8 Å². The summed E-state index contributed by atoms with van der Waals surface area (Å²) in [7, 11) is 0. The summed E-state index contributed by atoms with van der Waals surface area (Å²) in [4.78, 5) is 15.0. The number of rotatable bonds is 8. The lowest BCUT2D eigenvalue weighted by molar-refractivity contribution is 1.19. The predicted octanol–water partition coefficient (Wildman–Crippen LogP) is 3.44. The number of nitrogen functional groups attached to an aromatic ring is 4. The molecule has 9 rings (SSSR count). The molecule has 8 aromatic rings. The Morgan fingerprint density at radius 3 is 0.650 bits per heavy atom. The van der Waals surface area contributed by atoms with Crippen LogP contribution in [0.2, 0.25) is 0 Å². The van der Waals surface area contributed by atoms with Crippen molar-refractivity contribution in [3.05, 3.63) is 234 Å². The Bertz CT molecular complexity index is 2840. The summed E-state index contributed by atoms with van der Waals surface area (Å²) in [5.41, 5.74) is 36.5. The number of amidine groups is 4. The number of benzene rings is 4. The molecule has 292 valence electrons. The zero-order chi connectivity index (χ0) is 41.7. The third kappa shape index (κ3) is 6.69. The molecule has 0 unspecified atom stereocenters. The molecule has 1 aliphatic rings. The van der Waals surface area contributed by atoms with Gasteiger partial charge in [0.2, 0.25) is 0 Å². The Morgan fingerprint density at radius 2 is 0.467 bits per heavy atom. The van der Waals surface area contributed by atoms with Gasteiger partial charge in [0.05, 0.1) is 0 Å². The van der Waals surface area contributed by atoms with E-state index in [4.69, 9.17) is 44.6 Å². The quantitative estimate of drug-likeness (QED) is 0.0816. The number of nitrogens with two attached hydrogens (primary N) is 4. The predicted molar refractivity (Wildman–Crippen MR) is 238 cm³/mol. The molecule has 16 N–H and O–H groups in total. The number of fused-ring (bicyclic) bond motifs is 8. The molecule has 0 aliphatic carbocycles. The van der Waals surface area contributed by atoms with Crippen LogP contribution in [-0.2, 0) is 0 Å². The fourth-order valence-electron chi connectivity index (χ4n) is 7.84. The third-order valence-electron chi connectivity index (χ3n) is 10.8. The van der Waals surface area contributed by atoms with Crippen LogP contribution in [0, 0.1) is 21.6 Å². The molecule has 1 aliphatic heterocycles. The lowest BCUT2D eigenvalue weighted by Crippen LogP contribution is -2.19. The van der Waals surface area contributed by atoms with Crippen LogP contribution in [0.3, 0.4) is 0 Å². The van der Waals surface area contributed by atoms with Gasteiger partial charge in [-0.15, -0.1) is 0 Å². The molecule has 0 fully saturated rings. The number of nitrogens with one attached hydrogen (secondary N) is 8. The van der Waals surface area contributed by atoms with Gasteiger partial charge in [-0.25, -0.2) is 0 Å². The number of hydrogen-bond donors (Lipinski definition) is 12. The maximum absolute atomic E-state index is 8.02. The van der Waals surface area contributed by atoms with Crippen molar-refractivity contribution < 1.29 is 0 Å². The van der Waals surface area contributed by atoms with Gasteiger partial charge >= 0.3 is 0 Å². The summed E-state index contributed by atoms with van der Waals surface area (Å²) in [6.45, 7) is 0. The molecule has 60 heavy (non-hydrogen) atoms. The fourth-order valence-corrected chi connectivity index (χ4v) is 7.84. The monoisotopic (exact) mass is 784 g/mol. The molecule has 0 radical (unpaired) electrons. The second-order valence-corrected chi connectivity index (χ2v) is 14.6. The lowest BCUT2D eigenvalue weighted by atomic mass is 10.0. The van der Waals surface area contributed by atoms with Crippen molar-refractivity contribution in [1.29, 1.82) is 21.6 Å². The molecule has 5 heterocycles. The summed E-state index contributed by atoms with van der Waals surface area (Å²) >= 11 is 0. The van der Waals surface area contributed by atoms with Crippen LogP contribution in [0.4, 0.5) is 0 Å². The van der Waals surface area contributed by atoms with Gasteiger partial charge in [0, 0.05) is 88.7 Å². The average molecular weight is 785 g/mol. The normalized spacial score (nSPS) is 12.4. The number of aromatic nitrogens is 4. The highest BCUT2D eigenvalue weighted by Crippen LogP contribution is 2.28. The summed E-state index contributed by atoms with van der Waals surface area (Å²) in [5.74, 6) is -0.0443. The van der Waals surface area contributed by atoms with Crippen molar-refractivity contribution in [2.45, 2.75) is 0 Å². The van der Waals surface area contributed by atoms with Crippen molar-refractivity contribution in [2.75, 3.05) is 0 Å². The molecule has 12 heteroatoms. The van der Waals surface area contributed by atoms with Gasteiger partial charge in [0.25, 0.3) is 0 Å². The zero-order valence-corrected chi connectivity index (χ0v) is 32.2. The van der Waals surface area contributed by atoms with Crippen LogP contribution in [0.1, 0.15) is 67.3 Å². The van der Waals surface area contributed by atoms with Crippen molar-refractivity contribution >= 4 is 45.6 Å². The van der Waals surface area contributed by atoms with E-state index in [-0.39, 0.29) is 23.3 Å². The fraction of sp³-hybridized carbons (Fsp3) is 0. The van der Waals surface area contributed by atoms with Crippen molar-refractivity contribution in [1.82, 2.24) is 19.9 Å². The van der Waals surface area contributed by atoms with Crippen molar-refractivity contribution in [2.24, 2.45) is 22.9 Å². The molecular formula is C48H40N12. The second-order valence-electron chi connectivity index (χ2n) is 14.6. The number of aromatic amines is 4. The highest BCUT2D eigenvalue weighted by atomic mass is 14.8. The lowest BCUT2D eigenvalue weighted by Gasteiger charge is -2.11. The first-order valence-electron chi connectivity index (χ1n) is 19.1. The first-order valence-corrected chi connectivity index (χ1v) is 19.1. The standard InChI is InChI=1S/C48H40N12/c49-45(50)29-9-1-25(2-10-29)41-33-17-19-35(57-33)42(26-3-11-30(12-4-26)46(51)52)37-21-23-39(59-37)44(28-7-15-32(16-8-28)48(55)56)40-24-22-38(60-40)43(36-20-18-34(41)58-36)27-5-13-31(14-6-27)47(53)54/h1-24,57-60H,(H3,49,50)(H3,51,52)(H3,53,54)(H3,55,56). The molecule has 0 saturated carbocycles. The minimum Gasteiger partial charge on any atom is -0.384 e. The average Bonchev–Trinajstić information content (AvgIpc) is 4.10. The maximum Gasteiger partial charge on any atom is 0.122 e. The molecule has 0 saturated heterocycles. The molecule has 0 atom stereocenters. The van der Waals surface area contributed by atoms with Crippen LogP contribution in [0.25, 0.3) is 22.3 Å². The van der Waals surface area contributed by atoms with Gasteiger partial charge < -0.3 is 42.9 Å². The SMILES string of the molecule is N=C(N)c1ccc(C2=c3ccc([nH]3)=C(c3ccc(C(=N)N)cc3)c3ccc([nH]3)C(c3ccc(C(=N)N)cc3)=c3ccc([nH]3)=C(c3ccc(C(=N)N)cc3)c3ccc2[nH]3)cc1. The van der Waals surface area contributed by atoms with Crippen molar-refractivity contribution in [3.8, 4) is 0 Å². The van der Waals surface area contributed by atoms with E-state index in [1.54, 1.807) is 0 Å². The van der Waals surface area contributed by atoms with Gasteiger partial charge in [0.1, 0.15) is 23.3 Å². The number of hydrogen-bond acceptors (Lipinski definition) is 4. The van der Waals surface area contributed by atoms with Gasteiger partial charge in [-0.1, -0.05) is 97.1 Å². The van der Waals surface area contributed by atoms with E-state index in [0.717, 1.165) is 88.7 Å². The van der Waals surface area contributed by atoms with Crippen molar-refractivity contribution in [3.63, 3.8) is 0 Å². The first-order chi connectivity index (χ1) is 29.0. The smallest absolute Gasteiger partial charge is 0.122 e. The topological polar surface area (TPSA) is 263 Å². The molecular weight excluding hydrogens is 745 g/mol. The molecule has 12 nitrogen and oxygen atoms in total. The minimum atomic E-state index is -0.0111. The Morgan fingerprint density at radius 1 is 0.267 bits per heavy atom. The highest BCUT2D eigenvalue weighted by molar-refractivity contribution is 5.97. The minimum absolute atomic E-state index is 0.0111. The molecule has 4 aromatic carbocycles. The summed E-state index contributed by atoms with van der Waals surface area (Å²) in [6, 6.07) is 47.0. The second kappa shape index (κ2) is 14.7. The molecule has 8 bridgehead atoms. The van der Waals surface area contributed by atoms with Crippen LogP contribution in [-0.4, -0.2) is 43.3 Å². The van der Waals surface area contributed by atoms with E-state index in [1.807, 2.05) is 97.1 Å². The number of H-pyrrole nitrogens is 4. The van der Waals surface area contributed by atoms with Gasteiger partial charge in [-0.3, -0.25) is 21.6 Å². The summed E-state index contributed by atoms with van der Waals surface area (Å²) < 4.78 is 0. The van der Waals surface area contributed by atoms with Crippen LogP contribution < -0.4 is 44.3 Å². The highest BCUT2D eigenvalue weighted by Gasteiger charge is 2.19. The maximum atomic E-state index is 8.02.